The van der Waals surface area contributed by atoms with Crippen molar-refractivity contribution in [1.82, 2.24) is 20.4 Å². The number of hydrogen-bond donors (Lipinski definition) is 2. The van der Waals surface area contributed by atoms with Gasteiger partial charge in [0, 0.05) is 44.3 Å². The summed E-state index contributed by atoms with van der Waals surface area (Å²) in [7, 11) is 1.49. The van der Waals surface area contributed by atoms with E-state index >= 15 is 0 Å². The van der Waals surface area contributed by atoms with Crippen LogP contribution in [0.5, 0.6) is 11.5 Å². The second-order valence-corrected chi connectivity index (χ2v) is 7.40. The fourth-order valence-corrected chi connectivity index (χ4v) is 3.17. The average Bonchev–Trinajstić information content (AvgIpc) is 2.72. The summed E-state index contributed by atoms with van der Waals surface area (Å²) < 4.78 is 10.9. The minimum atomic E-state index is -0.224. The number of piperazine rings is 1. The molecule has 0 bridgehead atoms. The van der Waals surface area contributed by atoms with Gasteiger partial charge in [0.25, 0.3) is 11.8 Å². The number of benzene rings is 1. The number of amides is 3. The standard InChI is InChI=1S/C21H32N4O5/c1-5-22-19(26)13-24-8-10-25(11-9-24)21(28)16-6-7-17(18(12-16)29-4)30-14-20(27)23-15(2)3/h6-7,12,15H,5,8-11,13-14H2,1-4H3,(H,22,26)(H,23,27). The molecule has 0 saturated carbocycles. The Morgan fingerprint density at radius 2 is 1.77 bits per heavy atom. The van der Waals surface area contributed by atoms with E-state index in [9.17, 15) is 14.4 Å². The highest BCUT2D eigenvalue weighted by Gasteiger charge is 2.24. The van der Waals surface area contributed by atoms with Crippen molar-refractivity contribution in [3.63, 3.8) is 0 Å². The van der Waals surface area contributed by atoms with Crippen molar-refractivity contribution in [2.24, 2.45) is 0 Å². The van der Waals surface area contributed by atoms with Crippen molar-refractivity contribution in [3.05, 3.63) is 23.8 Å². The van der Waals surface area contributed by atoms with Crippen LogP contribution in [0.25, 0.3) is 0 Å². The third-order valence-corrected chi connectivity index (χ3v) is 4.62. The Labute approximate surface area is 177 Å². The summed E-state index contributed by atoms with van der Waals surface area (Å²) in [6.07, 6.45) is 0. The number of carbonyl (C=O) groups excluding carboxylic acids is 3. The van der Waals surface area contributed by atoms with Crippen LogP contribution in [0.15, 0.2) is 18.2 Å². The van der Waals surface area contributed by atoms with E-state index in [1.807, 2.05) is 25.7 Å². The smallest absolute Gasteiger partial charge is 0.258 e. The van der Waals surface area contributed by atoms with Crippen LogP contribution in [-0.2, 0) is 9.59 Å². The molecule has 30 heavy (non-hydrogen) atoms. The van der Waals surface area contributed by atoms with E-state index in [1.54, 1.807) is 23.1 Å². The number of rotatable bonds is 9. The average molecular weight is 421 g/mol. The lowest BCUT2D eigenvalue weighted by molar-refractivity contribution is -0.124. The number of likely N-dealkylation sites (N-methyl/N-ethyl adjacent to an activating group) is 1. The normalized spacial score (nSPS) is 14.4. The van der Waals surface area contributed by atoms with Gasteiger partial charge in [0.15, 0.2) is 18.1 Å². The van der Waals surface area contributed by atoms with Crippen molar-refractivity contribution in [1.29, 1.82) is 0 Å². The van der Waals surface area contributed by atoms with Crippen LogP contribution in [0.1, 0.15) is 31.1 Å². The number of nitrogens with one attached hydrogen (secondary N) is 2. The molecule has 2 rings (SSSR count). The first-order valence-electron chi connectivity index (χ1n) is 10.2. The van der Waals surface area contributed by atoms with E-state index in [4.69, 9.17) is 9.47 Å². The molecule has 9 heteroatoms. The molecule has 0 atom stereocenters. The van der Waals surface area contributed by atoms with Crippen LogP contribution < -0.4 is 20.1 Å². The first-order chi connectivity index (χ1) is 14.3. The predicted molar refractivity (Wildman–Crippen MR) is 113 cm³/mol. The maximum absolute atomic E-state index is 12.9. The molecule has 1 aromatic carbocycles. The van der Waals surface area contributed by atoms with Gasteiger partial charge in [-0.2, -0.15) is 0 Å². The summed E-state index contributed by atoms with van der Waals surface area (Å²) >= 11 is 0. The van der Waals surface area contributed by atoms with Crippen LogP contribution in [0.4, 0.5) is 0 Å². The molecule has 1 saturated heterocycles. The summed E-state index contributed by atoms with van der Waals surface area (Å²) in [5.41, 5.74) is 0.489. The molecule has 9 nitrogen and oxygen atoms in total. The Balaban J connectivity index is 1.93. The van der Waals surface area contributed by atoms with Gasteiger partial charge < -0.3 is 25.0 Å². The van der Waals surface area contributed by atoms with E-state index < -0.39 is 0 Å². The van der Waals surface area contributed by atoms with Gasteiger partial charge >= 0.3 is 0 Å². The lowest BCUT2D eigenvalue weighted by atomic mass is 10.1. The van der Waals surface area contributed by atoms with E-state index in [2.05, 4.69) is 10.6 Å². The largest absolute Gasteiger partial charge is 0.493 e. The van der Waals surface area contributed by atoms with Crippen LogP contribution in [0.3, 0.4) is 0 Å². The Kier molecular flexibility index (Phi) is 8.91. The molecule has 166 valence electrons. The number of carbonyl (C=O) groups is 3. The fourth-order valence-electron chi connectivity index (χ4n) is 3.17. The lowest BCUT2D eigenvalue weighted by Gasteiger charge is -2.34. The first kappa shape index (κ1) is 23.5. The summed E-state index contributed by atoms with van der Waals surface area (Å²) in [5, 5.41) is 5.54. The quantitative estimate of drug-likeness (QED) is 0.603. The minimum absolute atomic E-state index is 0.000299. The molecular weight excluding hydrogens is 388 g/mol. The molecule has 0 radical (unpaired) electrons. The van der Waals surface area contributed by atoms with Crippen LogP contribution in [0.2, 0.25) is 0 Å². The zero-order valence-corrected chi connectivity index (χ0v) is 18.2. The van der Waals surface area contributed by atoms with Crippen LogP contribution in [0, 0.1) is 0 Å². The van der Waals surface area contributed by atoms with Crippen molar-refractivity contribution in [2.45, 2.75) is 26.8 Å². The molecule has 0 aromatic heterocycles. The van der Waals surface area contributed by atoms with Crippen LogP contribution >= 0.6 is 0 Å². The van der Waals surface area contributed by atoms with E-state index in [1.165, 1.54) is 7.11 Å². The summed E-state index contributed by atoms with van der Waals surface area (Å²) in [6.45, 7) is 8.86. The molecule has 1 heterocycles. The molecular formula is C21H32N4O5. The third-order valence-electron chi connectivity index (χ3n) is 4.62. The van der Waals surface area contributed by atoms with Crippen LogP contribution in [-0.4, -0.2) is 86.5 Å². The van der Waals surface area contributed by atoms with Gasteiger partial charge in [-0.15, -0.1) is 0 Å². The highest BCUT2D eigenvalue weighted by molar-refractivity contribution is 5.95. The Morgan fingerprint density at radius 3 is 2.37 bits per heavy atom. The molecule has 0 unspecified atom stereocenters. The van der Waals surface area contributed by atoms with Gasteiger partial charge in [-0.05, 0) is 39.0 Å². The molecule has 1 fully saturated rings. The molecule has 1 aliphatic rings. The monoisotopic (exact) mass is 420 g/mol. The van der Waals surface area contributed by atoms with Gasteiger partial charge in [0.05, 0.1) is 13.7 Å². The molecule has 1 aliphatic heterocycles. The van der Waals surface area contributed by atoms with Gasteiger partial charge in [-0.25, -0.2) is 0 Å². The second-order valence-electron chi connectivity index (χ2n) is 7.40. The number of hydrogen-bond acceptors (Lipinski definition) is 6. The highest BCUT2D eigenvalue weighted by Crippen LogP contribution is 2.28. The van der Waals surface area contributed by atoms with E-state index in [0.29, 0.717) is 56.3 Å². The fraction of sp³-hybridized carbons (Fsp3) is 0.571. The minimum Gasteiger partial charge on any atom is -0.493 e. The maximum atomic E-state index is 12.9. The molecule has 0 aliphatic carbocycles. The molecule has 2 N–H and O–H groups in total. The van der Waals surface area contributed by atoms with Crippen molar-refractivity contribution in [2.75, 3.05) is 53.0 Å². The number of nitrogens with zero attached hydrogens (tertiary/aromatic N) is 2. The van der Waals surface area contributed by atoms with E-state index in [0.717, 1.165) is 0 Å². The van der Waals surface area contributed by atoms with Crippen molar-refractivity contribution < 1.29 is 23.9 Å². The van der Waals surface area contributed by atoms with Crippen molar-refractivity contribution >= 4 is 17.7 Å². The lowest BCUT2D eigenvalue weighted by Crippen LogP contribution is -2.51. The first-order valence-corrected chi connectivity index (χ1v) is 10.2. The summed E-state index contributed by atoms with van der Waals surface area (Å²) in [4.78, 5) is 40.2. The molecule has 1 aromatic rings. The predicted octanol–water partition coefficient (Wildman–Crippen LogP) is 0.493. The van der Waals surface area contributed by atoms with Gasteiger partial charge in [0.2, 0.25) is 5.91 Å². The molecule has 3 amide bonds. The number of methoxy groups -OCH3 is 1. The molecule has 0 spiro atoms. The SMILES string of the molecule is CCNC(=O)CN1CCN(C(=O)c2ccc(OCC(=O)NC(C)C)c(OC)c2)CC1. The van der Waals surface area contributed by atoms with Crippen molar-refractivity contribution in [3.8, 4) is 11.5 Å². The Morgan fingerprint density at radius 1 is 1.07 bits per heavy atom. The number of ether oxygens (including phenoxy) is 2. The van der Waals surface area contributed by atoms with Gasteiger partial charge in [-0.3, -0.25) is 19.3 Å². The maximum Gasteiger partial charge on any atom is 0.258 e. The summed E-state index contributed by atoms with van der Waals surface area (Å²) in [6, 6.07) is 4.96. The van der Waals surface area contributed by atoms with Gasteiger partial charge in [0.1, 0.15) is 0 Å². The zero-order chi connectivity index (χ0) is 22.1. The topological polar surface area (TPSA) is 100 Å². The zero-order valence-electron chi connectivity index (χ0n) is 18.2. The second kappa shape index (κ2) is 11.4. The Bertz CT molecular complexity index is 745. The summed E-state index contributed by atoms with van der Waals surface area (Å²) in [5.74, 6) is 0.472. The third kappa shape index (κ3) is 6.91. The van der Waals surface area contributed by atoms with Gasteiger partial charge in [-0.1, -0.05) is 0 Å². The van der Waals surface area contributed by atoms with E-state index in [-0.39, 0.29) is 30.4 Å². The highest BCUT2D eigenvalue weighted by atomic mass is 16.5. The Hall–Kier alpha value is -2.81.